The SMILES string of the molecule is COc1ccc(-c2cc(CC(=O)Nc3ncccc3C)no2)cc1OC. The molecule has 3 rings (SSSR count). The number of nitrogens with one attached hydrogen (secondary N) is 1. The molecule has 26 heavy (non-hydrogen) atoms. The van der Waals surface area contributed by atoms with E-state index < -0.39 is 0 Å². The Hall–Kier alpha value is -3.35. The monoisotopic (exact) mass is 353 g/mol. The quantitative estimate of drug-likeness (QED) is 0.732. The average Bonchev–Trinajstić information content (AvgIpc) is 3.11. The lowest BCUT2D eigenvalue weighted by Gasteiger charge is -2.07. The van der Waals surface area contributed by atoms with Crippen molar-refractivity contribution in [3.8, 4) is 22.8 Å². The lowest BCUT2D eigenvalue weighted by molar-refractivity contribution is -0.115. The van der Waals surface area contributed by atoms with Crippen LogP contribution < -0.4 is 14.8 Å². The van der Waals surface area contributed by atoms with Gasteiger partial charge in [-0.25, -0.2) is 4.98 Å². The van der Waals surface area contributed by atoms with Crippen molar-refractivity contribution >= 4 is 11.7 Å². The summed E-state index contributed by atoms with van der Waals surface area (Å²) in [4.78, 5) is 16.3. The topological polar surface area (TPSA) is 86.5 Å². The van der Waals surface area contributed by atoms with Crippen LogP contribution in [-0.2, 0) is 11.2 Å². The molecule has 0 radical (unpaired) electrons. The normalized spacial score (nSPS) is 10.4. The van der Waals surface area contributed by atoms with Crippen molar-refractivity contribution < 1.29 is 18.8 Å². The summed E-state index contributed by atoms with van der Waals surface area (Å²) in [6.07, 6.45) is 1.72. The number of hydrogen-bond acceptors (Lipinski definition) is 6. The van der Waals surface area contributed by atoms with Gasteiger partial charge in [0.25, 0.3) is 0 Å². The zero-order valence-electron chi connectivity index (χ0n) is 14.8. The smallest absolute Gasteiger partial charge is 0.231 e. The summed E-state index contributed by atoms with van der Waals surface area (Å²) in [6, 6.07) is 10.8. The minimum atomic E-state index is -0.209. The van der Waals surface area contributed by atoms with E-state index in [1.165, 1.54) is 0 Å². The number of carbonyl (C=O) groups excluding carboxylic acids is 1. The Morgan fingerprint density at radius 2 is 1.96 bits per heavy atom. The Kier molecular flexibility index (Phi) is 5.17. The Morgan fingerprint density at radius 3 is 2.69 bits per heavy atom. The van der Waals surface area contributed by atoms with Crippen LogP contribution in [0.4, 0.5) is 5.82 Å². The van der Waals surface area contributed by atoms with E-state index in [1.54, 1.807) is 38.6 Å². The van der Waals surface area contributed by atoms with Gasteiger partial charge in [0.1, 0.15) is 5.82 Å². The van der Waals surface area contributed by atoms with Crippen molar-refractivity contribution in [3.05, 3.63) is 53.9 Å². The van der Waals surface area contributed by atoms with E-state index in [1.807, 2.05) is 25.1 Å². The van der Waals surface area contributed by atoms with E-state index >= 15 is 0 Å². The minimum Gasteiger partial charge on any atom is -0.493 e. The molecule has 7 heteroatoms. The first kappa shape index (κ1) is 17.5. The first-order chi connectivity index (χ1) is 12.6. The molecule has 3 aromatic rings. The van der Waals surface area contributed by atoms with Gasteiger partial charge in [-0.15, -0.1) is 0 Å². The van der Waals surface area contributed by atoms with Crippen molar-refractivity contribution in [2.45, 2.75) is 13.3 Å². The highest BCUT2D eigenvalue weighted by Gasteiger charge is 2.14. The molecule has 0 aliphatic heterocycles. The molecule has 2 aromatic heterocycles. The van der Waals surface area contributed by atoms with Gasteiger partial charge in [0.05, 0.1) is 26.3 Å². The molecule has 7 nitrogen and oxygen atoms in total. The Bertz CT molecular complexity index is 921. The van der Waals surface area contributed by atoms with E-state index in [-0.39, 0.29) is 12.3 Å². The molecule has 0 fully saturated rings. The minimum absolute atomic E-state index is 0.0901. The predicted molar refractivity (Wildman–Crippen MR) is 96.4 cm³/mol. The van der Waals surface area contributed by atoms with E-state index in [0.717, 1.165) is 11.1 Å². The number of pyridine rings is 1. The van der Waals surface area contributed by atoms with Crippen molar-refractivity contribution in [2.24, 2.45) is 0 Å². The van der Waals surface area contributed by atoms with E-state index in [2.05, 4.69) is 15.5 Å². The molecule has 0 aliphatic carbocycles. The van der Waals surface area contributed by atoms with Crippen LogP contribution >= 0.6 is 0 Å². The summed E-state index contributed by atoms with van der Waals surface area (Å²) in [5, 5.41) is 6.74. The van der Waals surface area contributed by atoms with Gasteiger partial charge in [0.2, 0.25) is 5.91 Å². The number of hydrogen-bond donors (Lipinski definition) is 1. The molecule has 1 N–H and O–H groups in total. The van der Waals surface area contributed by atoms with Crippen LogP contribution in [0.15, 0.2) is 47.1 Å². The zero-order chi connectivity index (χ0) is 18.5. The first-order valence-corrected chi connectivity index (χ1v) is 8.00. The van der Waals surface area contributed by atoms with Crippen molar-refractivity contribution in [1.82, 2.24) is 10.1 Å². The van der Waals surface area contributed by atoms with Gasteiger partial charge >= 0.3 is 0 Å². The molecule has 0 saturated heterocycles. The maximum atomic E-state index is 12.2. The second-order valence-corrected chi connectivity index (χ2v) is 5.65. The van der Waals surface area contributed by atoms with Gasteiger partial charge in [0.15, 0.2) is 17.3 Å². The highest BCUT2D eigenvalue weighted by Crippen LogP contribution is 2.32. The van der Waals surface area contributed by atoms with Gasteiger partial charge in [0, 0.05) is 17.8 Å². The third-order valence-electron chi connectivity index (χ3n) is 3.84. The van der Waals surface area contributed by atoms with E-state index in [4.69, 9.17) is 14.0 Å². The van der Waals surface area contributed by atoms with Crippen LogP contribution in [0.3, 0.4) is 0 Å². The van der Waals surface area contributed by atoms with Crippen molar-refractivity contribution in [2.75, 3.05) is 19.5 Å². The number of nitrogens with zero attached hydrogens (tertiary/aromatic N) is 2. The maximum Gasteiger partial charge on any atom is 0.231 e. The molecule has 134 valence electrons. The van der Waals surface area contributed by atoms with Crippen LogP contribution in [0.5, 0.6) is 11.5 Å². The molecule has 0 atom stereocenters. The van der Waals surface area contributed by atoms with Crippen LogP contribution in [0.25, 0.3) is 11.3 Å². The predicted octanol–water partition coefficient (Wildman–Crippen LogP) is 3.24. The molecule has 2 heterocycles. The van der Waals surface area contributed by atoms with Gasteiger partial charge in [-0.3, -0.25) is 4.79 Å². The van der Waals surface area contributed by atoms with Gasteiger partial charge in [-0.2, -0.15) is 0 Å². The highest BCUT2D eigenvalue weighted by molar-refractivity contribution is 5.91. The van der Waals surface area contributed by atoms with Crippen LogP contribution in [0.2, 0.25) is 0 Å². The molecule has 0 saturated carbocycles. The highest BCUT2D eigenvalue weighted by atomic mass is 16.5. The summed E-state index contributed by atoms with van der Waals surface area (Å²) in [6.45, 7) is 1.88. The second-order valence-electron chi connectivity index (χ2n) is 5.65. The molecule has 1 amide bonds. The summed E-state index contributed by atoms with van der Waals surface area (Å²) in [5.74, 6) is 2.09. The lowest BCUT2D eigenvalue weighted by atomic mass is 10.1. The number of benzene rings is 1. The van der Waals surface area contributed by atoms with Gasteiger partial charge in [-0.1, -0.05) is 11.2 Å². The maximum absolute atomic E-state index is 12.2. The largest absolute Gasteiger partial charge is 0.493 e. The second kappa shape index (κ2) is 7.69. The molecular formula is C19H19N3O4. The Morgan fingerprint density at radius 1 is 1.15 bits per heavy atom. The number of carbonyl (C=O) groups is 1. The van der Waals surface area contributed by atoms with E-state index in [9.17, 15) is 4.79 Å². The third-order valence-corrected chi connectivity index (χ3v) is 3.84. The summed E-state index contributed by atoms with van der Waals surface area (Å²) in [5.41, 5.74) is 2.20. The number of methoxy groups -OCH3 is 2. The van der Waals surface area contributed by atoms with Crippen LogP contribution in [-0.4, -0.2) is 30.3 Å². The molecule has 0 aliphatic rings. The lowest BCUT2D eigenvalue weighted by Crippen LogP contribution is -2.16. The van der Waals surface area contributed by atoms with Crippen molar-refractivity contribution in [1.29, 1.82) is 0 Å². The Labute approximate surface area is 150 Å². The molecular weight excluding hydrogens is 334 g/mol. The summed E-state index contributed by atoms with van der Waals surface area (Å²) in [7, 11) is 3.14. The summed E-state index contributed by atoms with van der Waals surface area (Å²) >= 11 is 0. The fourth-order valence-corrected chi connectivity index (χ4v) is 2.48. The van der Waals surface area contributed by atoms with Crippen LogP contribution in [0.1, 0.15) is 11.3 Å². The molecule has 0 bridgehead atoms. The third kappa shape index (κ3) is 3.83. The number of amides is 1. The van der Waals surface area contributed by atoms with Crippen LogP contribution in [0, 0.1) is 6.92 Å². The number of aromatic nitrogens is 2. The number of aryl methyl sites for hydroxylation is 1. The molecule has 0 spiro atoms. The van der Waals surface area contributed by atoms with E-state index in [0.29, 0.717) is 28.8 Å². The first-order valence-electron chi connectivity index (χ1n) is 8.00. The molecule has 0 unspecified atom stereocenters. The summed E-state index contributed by atoms with van der Waals surface area (Å²) < 4.78 is 15.9. The number of rotatable bonds is 6. The average molecular weight is 353 g/mol. The molecule has 1 aromatic carbocycles. The number of ether oxygens (including phenoxy) is 2. The standard InChI is InChI=1S/C19H19N3O4/c1-12-5-4-8-20-19(12)21-18(23)11-14-10-16(26-22-14)13-6-7-15(24-2)17(9-13)25-3/h4-10H,11H2,1-3H3,(H,20,21,23). The zero-order valence-corrected chi connectivity index (χ0v) is 14.8. The Balaban J connectivity index is 1.72. The van der Waals surface area contributed by atoms with Gasteiger partial charge < -0.3 is 19.3 Å². The van der Waals surface area contributed by atoms with Gasteiger partial charge in [-0.05, 0) is 36.8 Å². The fraction of sp³-hybridized carbons (Fsp3) is 0.211. The number of anilines is 1. The fourth-order valence-electron chi connectivity index (χ4n) is 2.48. The van der Waals surface area contributed by atoms with Crippen molar-refractivity contribution in [3.63, 3.8) is 0 Å².